The number of nitrogen functional groups attached to an aromatic ring is 1. The topological polar surface area (TPSA) is 69.1 Å². The molecule has 4 aromatic rings. The van der Waals surface area contributed by atoms with Gasteiger partial charge in [-0.15, -0.1) is 10.2 Å². The van der Waals surface area contributed by atoms with Crippen molar-refractivity contribution in [2.75, 3.05) is 5.73 Å². The van der Waals surface area contributed by atoms with Crippen molar-refractivity contribution < 1.29 is 0 Å². The number of hydrogen-bond donors (Lipinski definition) is 1. The van der Waals surface area contributed by atoms with Crippen LogP contribution in [0, 0.1) is 0 Å². The van der Waals surface area contributed by atoms with Gasteiger partial charge in [-0.25, -0.2) is 0 Å². The Kier molecular flexibility index (Phi) is 2.68. The van der Waals surface area contributed by atoms with Crippen molar-refractivity contribution in [2.24, 2.45) is 0 Å². The van der Waals surface area contributed by atoms with Crippen LogP contribution in [0.1, 0.15) is 0 Å². The van der Waals surface area contributed by atoms with E-state index in [4.69, 9.17) is 5.73 Å². The standard InChI is InChI=1S/C15H11N5S/c16-12-8-4-7-11(9-12)14-19-20-13(17-18-15(20)21-14)10-5-2-1-3-6-10/h1-9H,16H2. The van der Waals surface area contributed by atoms with Crippen LogP contribution in [0.5, 0.6) is 0 Å². The average Bonchev–Trinajstić information content (AvgIpc) is 3.08. The molecule has 0 bridgehead atoms. The monoisotopic (exact) mass is 293 g/mol. The third kappa shape index (κ3) is 2.05. The molecular weight excluding hydrogens is 282 g/mol. The Bertz CT molecular complexity index is 910. The molecule has 2 heterocycles. The first-order valence-corrected chi connectivity index (χ1v) is 7.26. The summed E-state index contributed by atoms with van der Waals surface area (Å²) in [4.78, 5) is 0.770. The van der Waals surface area contributed by atoms with Crippen molar-refractivity contribution in [3.05, 3.63) is 54.6 Å². The number of hydrogen-bond acceptors (Lipinski definition) is 5. The zero-order chi connectivity index (χ0) is 14.2. The summed E-state index contributed by atoms with van der Waals surface area (Å²) < 4.78 is 1.78. The van der Waals surface area contributed by atoms with Crippen LogP contribution < -0.4 is 5.73 Å². The zero-order valence-electron chi connectivity index (χ0n) is 11.0. The van der Waals surface area contributed by atoms with Gasteiger partial charge in [0.1, 0.15) is 5.01 Å². The molecule has 0 spiro atoms. The second kappa shape index (κ2) is 4.68. The normalized spacial score (nSPS) is 11.0. The minimum absolute atomic E-state index is 0.724. The third-order valence-corrected chi connectivity index (χ3v) is 4.10. The number of aromatic nitrogens is 4. The Morgan fingerprint density at radius 1 is 0.905 bits per heavy atom. The summed E-state index contributed by atoms with van der Waals surface area (Å²) in [6, 6.07) is 17.6. The summed E-state index contributed by atoms with van der Waals surface area (Å²) in [5.74, 6) is 0.747. The first-order valence-electron chi connectivity index (χ1n) is 6.45. The summed E-state index contributed by atoms with van der Waals surface area (Å²) in [5.41, 5.74) is 8.54. The summed E-state index contributed by atoms with van der Waals surface area (Å²) in [6.45, 7) is 0. The van der Waals surface area contributed by atoms with E-state index in [1.165, 1.54) is 11.3 Å². The molecule has 0 aliphatic rings. The smallest absolute Gasteiger partial charge is 0.235 e. The van der Waals surface area contributed by atoms with E-state index in [0.29, 0.717) is 0 Å². The summed E-state index contributed by atoms with van der Waals surface area (Å²) in [6.07, 6.45) is 0. The van der Waals surface area contributed by atoms with Gasteiger partial charge in [-0.2, -0.15) is 9.61 Å². The molecule has 5 nitrogen and oxygen atoms in total. The lowest BCUT2D eigenvalue weighted by atomic mass is 10.2. The maximum Gasteiger partial charge on any atom is 0.235 e. The van der Waals surface area contributed by atoms with Gasteiger partial charge in [0.25, 0.3) is 0 Å². The maximum atomic E-state index is 5.83. The molecule has 4 rings (SSSR count). The molecular formula is C15H11N5S. The Labute approximate surface area is 124 Å². The lowest BCUT2D eigenvalue weighted by molar-refractivity contribution is 0.971. The van der Waals surface area contributed by atoms with Crippen LogP contribution in [0.3, 0.4) is 0 Å². The van der Waals surface area contributed by atoms with Crippen LogP contribution in [-0.2, 0) is 0 Å². The highest BCUT2D eigenvalue weighted by Gasteiger charge is 2.14. The molecule has 102 valence electrons. The van der Waals surface area contributed by atoms with Gasteiger partial charge < -0.3 is 5.73 Å². The zero-order valence-corrected chi connectivity index (χ0v) is 11.8. The summed E-state index contributed by atoms with van der Waals surface area (Å²) in [7, 11) is 0. The molecule has 0 aliphatic carbocycles. The van der Waals surface area contributed by atoms with Crippen molar-refractivity contribution in [1.82, 2.24) is 19.8 Å². The molecule has 0 atom stereocenters. The van der Waals surface area contributed by atoms with Crippen molar-refractivity contribution in [2.45, 2.75) is 0 Å². The van der Waals surface area contributed by atoms with Crippen molar-refractivity contribution in [3.8, 4) is 22.0 Å². The highest BCUT2D eigenvalue weighted by atomic mass is 32.1. The molecule has 0 radical (unpaired) electrons. The van der Waals surface area contributed by atoms with Crippen LogP contribution in [0.2, 0.25) is 0 Å². The van der Waals surface area contributed by atoms with Crippen LogP contribution in [0.15, 0.2) is 54.6 Å². The summed E-state index contributed by atoms with van der Waals surface area (Å²) >= 11 is 1.50. The van der Waals surface area contributed by atoms with Gasteiger partial charge in [0.2, 0.25) is 4.96 Å². The van der Waals surface area contributed by atoms with E-state index in [1.54, 1.807) is 4.52 Å². The molecule has 0 saturated carbocycles. The Morgan fingerprint density at radius 2 is 1.71 bits per heavy atom. The van der Waals surface area contributed by atoms with Crippen LogP contribution in [0.25, 0.3) is 26.9 Å². The first kappa shape index (κ1) is 12.0. The number of nitrogens with two attached hydrogens (primary N) is 1. The fourth-order valence-electron chi connectivity index (χ4n) is 2.17. The second-order valence-corrected chi connectivity index (χ2v) is 5.57. The number of benzene rings is 2. The fraction of sp³-hybridized carbons (Fsp3) is 0. The predicted molar refractivity (Wildman–Crippen MR) is 83.9 cm³/mol. The highest BCUT2D eigenvalue weighted by molar-refractivity contribution is 7.19. The van der Waals surface area contributed by atoms with Gasteiger partial charge in [0, 0.05) is 16.8 Å². The number of rotatable bonds is 2. The van der Waals surface area contributed by atoms with E-state index in [0.717, 1.165) is 32.6 Å². The first-order chi connectivity index (χ1) is 10.3. The van der Waals surface area contributed by atoms with E-state index >= 15 is 0 Å². The van der Waals surface area contributed by atoms with Crippen molar-refractivity contribution >= 4 is 22.0 Å². The molecule has 0 unspecified atom stereocenters. The van der Waals surface area contributed by atoms with Crippen LogP contribution in [0.4, 0.5) is 5.69 Å². The van der Waals surface area contributed by atoms with Crippen LogP contribution in [-0.4, -0.2) is 19.8 Å². The average molecular weight is 293 g/mol. The molecule has 6 heteroatoms. The maximum absolute atomic E-state index is 5.83. The third-order valence-electron chi connectivity index (χ3n) is 3.16. The molecule has 2 N–H and O–H groups in total. The minimum atomic E-state index is 0.724. The Balaban J connectivity index is 1.87. The molecule has 0 aliphatic heterocycles. The summed E-state index contributed by atoms with van der Waals surface area (Å²) in [5, 5.41) is 13.9. The molecule has 21 heavy (non-hydrogen) atoms. The van der Waals surface area contributed by atoms with E-state index in [1.807, 2.05) is 54.6 Å². The van der Waals surface area contributed by atoms with E-state index in [9.17, 15) is 0 Å². The molecule has 0 fully saturated rings. The highest BCUT2D eigenvalue weighted by Crippen LogP contribution is 2.28. The fourth-order valence-corrected chi connectivity index (χ4v) is 3.01. The molecule has 0 amide bonds. The van der Waals surface area contributed by atoms with Crippen LogP contribution >= 0.6 is 11.3 Å². The number of anilines is 1. The quantitative estimate of drug-likeness (QED) is 0.577. The largest absolute Gasteiger partial charge is 0.399 e. The lowest BCUT2D eigenvalue weighted by Gasteiger charge is -1.97. The van der Waals surface area contributed by atoms with Gasteiger partial charge in [-0.1, -0.05) is 53.8 Å². The van der Waals surface area contributed by atoms with E-state index < -0.39 is 0 Å². The molecule has 0 saturated heterocycles. The number of nitrogens with zero attached hydrogens (tertiary/aromatic N) is 4. The van der Waals surface area contributed by atoms with Gasteiger partial charge >= 0.3 is 0 Å². The SMILES string of the molecule is Nc1cccc(-c2nn3c(-c4ccccc4)nnc3s2)c1. The Hall–Kier alpha value is -2.73. The van der Waals surface area contributed by atoms with Gasteiger partial charge in [0.05, 0.1) is 0 Å². The second-order valence-electron chi connectivity index (χ2n) is 4.62. The molecule has 2 aromatic carbocycles. The van der Waals surface area contributed by atoms with Gasteiger partial charge in [-0.05, 0) is 12.1 Å². The van der Waals surface area contributed by atoms with Gasteiger partial charge in [-0.3, -0.25) is 0 Å². The van der Waals surface area contributed by atoms with Crippen molar-refractivity contribution in [3.63, 3.8) is 0 Å². The van der Waals surface area contributed by atoms with E-state index in [-0.39, 0.29) is 0 Å². The predicted octanol–water partition coefficient (Wildman–Crippen LogP) is 3.10. The van der Waals surface area contributed by atoms with Gasteiger partial charge in [0.15, 0.2) is 5.82 Å². The number of fused-ring (bicyclic) bond motifs is 1. The Morgan fingerprint density at radius 3 is 2.52 bits per heavy atom. The molecule has 2 aromatic heterocycles. The minimum Gasteiger partial charge on any atom is -0.399 e. The van der Waals surface area contributed by atoms with Crippen molar-refractivity contribution in [1.29, 1.82) is 0 Å². The van der Waals surface area contributed by atoms with E-state index in [2.05, 4.69) is 15.3 Å². The lowest BCUT2D eigenvalue weighted by Crippen LogP contribution is -1.91.